The van der Waals surface area contributed by atoms with E-state index in [4.69, 9.17) is 34.8 Å². The van der Waals surface area contributed by atoms with E-state index in [9.17, 15) is 18.0 Å². The predicted molar refractivity (Wildman–Crippen MR) is 161 cm³/mol. The molecule has 0 saturated heterocycles. The number of benzene rings is 3. The van der Waals surface area contributed by atoms with Crippen molar-refractivity contribution in [1.29, 1.82) is 0 Å². The Kier molecular flexibility index (Phi) is 8.47. The lowest BCUT2D eigenvalue weighted by Gasteiger charge is -2.14. The van der Waals surface area contributed by atoms with Gasteiger partial charge >= 0.3 is 0 Å². The highest BCUT2D eigenvalue weighted by Gasteiger charge is 2.17. The summed E-state index contributed by atoms with van der Waals surface area (Å²) in [7, 11) is -3.95. The normalized spacial score (nSPS) is 11.4. The van der Waals surface area contributed by atoms with E-state index >= 15 is 0 Å². The average molecular weight is 648 g/mol. The third-order valence-corrected chi connectivity index (χ3v) is 8.81. The Labute approximate surface area is 252 Å². The van der Waals surface area contributed by atoms with Crippen LogP contribution in [0.15, 0.2) is 93.7 Å². The second kappa shape index (κ2) is 12.0. The number of fused-ring (bicyclic) bond motifs is 1. The van der Waals surface area contributed by atoms with Gasteiger partial charge in [0.1, 0.15) is 0 Å². The molecule has 2 N–H and O–H groups in total. The molecule has 0 atom stereocenters. The fraction of sp³-hybridized carbons (Fsp3) is 0.0385. The topological polar surface area (TPSA) is 136 Å². The monoisotopic (exact) mass is 646 g/mol. The van der Waals surface area contributed by atoms with Gasteiger partial charge in [-0.2, -0.15) is 0 Å². The molecule has 0 spiro atoms. The third kappa shape index (κ3) is 6.63. The Morgan fingerprint density at radius 2 is 1.66 bits per heavy atom. The molecule has 15 heteroatoms. The van der Waals surface area contributed by atoms with Crippen LogP contribution in [-0.4, -0.2) is 39.8 Å². The van der Waals surface area contributed by atoms with Crippen LogP contribution >= 0.6 is 46.6 Å². The number of hydrogen-bond donors (Lipinski definition) is 2. The van der Waals surface area contributed by atoms with Gasteiger partial charge in [0.15, 0.2) is 16.1 Å². The molecule has 41 heavy (non-hydrogen) atoms. The van der Waals surface area contributed by atoms with Gasteiger partial charge in [0, 0.05) is 5.69 Å². The fourth-order valence-electron chi connectivity index (χ4n) is 3.67. The molecule has 0 saturated carbocycles. The Morgan fingerprint density at radius 3 is 2.37 bits per heavy atom. The first kappa shape index (κ1) is 28.8. The minimum Gasteiger partial charge on any atom is -0.325 e. The molecule has 5 aromatic rings. The maximum Gasteiger partial charge on any atom is 0.266 e. The van der Waals surface area contributed by atoms with Gasteiger partial charge in [-0.1, -0.05) is 58.7 Å². The molecular weight excluding hydrogens is 631 g/mol. The average Bonchev–Trinajstić information content (AvgIpc) is 2.95. The molecular formula is C26H17Cl3N6O4S2. The van der Waals surface area contributed by atoms with Crippen molar-refractivity contribution in [2.24, 2.45) is 0 Å². The molecule has 0 aliphatic rings. The van der Waals surface area contributed by atoms with Crippen molar-refractivity contribution >= 4 is 84.9 Å². The molecule has 208 valence electrons. The number of halogens is 3. The minimum absolute atomic E-state index is 0.00505. The standard InChI is InChI=1S/C26H17Cl3N6O4S2/c27-19-10-7-16(13-20(19)28)35-25(37)18-3-1-2-4-21(18)31-26(35)40-14-24(36)30-15-5-8-17(9-6-15)41(38,39)34-23-12-11-22(29)32-33-23/h1-13H,14H2,(H,30,36)(H,33,34). The van der Waals surface area contributed by atoms with Crippen LogP contribution in [0.2, 0.25) is 15.2 Å². The molecule has 0 unspecified atom stereocenters. The molecule has 0 aliphatic carbocycles. The van der Waals surface area contributed by atoms with Crippen LogP contribution in [0, 0.1) is 0 Å². The summed E-state index contributed by atoms with van der Waals surface area (Å²) >= 11 is 19.0. The zero-order chi connectivity index (χ0) is 29.1. The number of sulfonamides is 1. The summed E-state index contributed by atoms with van der Waals surface area (Å²) in [6.07, 6.45) is 0. The Hall–Kier alpha value is -3.68. The lowest BCUT2D eigenvalue weighted by molar-refractivity contribution is -0.113. The first-order valence-corrected chi connectivity index (χ1v) is 15.2. The molecule has 0 aliphatic heterocycles. The molecule has 0 radical (unpaired) electrons. The molecule has 2 heterocycles. The third-order valence-electron chi connectivity index (χ3n) is 5.56. The van der Waals surface area contributed by atoms with Gasteiger partial charge in [-0.25, -0.2) is 13.4 Å². The lowest BCUT2D eigenvalue weighted by atomic mass is 10.2. The van der Waals surface area contributed by atoms with Crippen LogP contribution in [0.25, 0.3) is 16.6 Å². The summed E-state index contributed by atoms with van der Waals surface area (Å²) < 4.78 is 28.9. The van der Waals surface area contributed by atoms with Crippen molar-refractivity contribution in [2.75, 3.05) is 15.8 Å². The Balaban J connectivity index is 1.32. The number of aromatic nitrogens is 4. The van der Waals surface area contributed by atoms with Gasteiger partial charge in [-0.05, 0) is 66.7 Å². The largest absolute Gasteiger partial charge is 0.325 e. The van der Waals surface area contributed by atoms with E-state index in [1.54, 1.807) is 42.5 Å². The van der Waals surface area contributed by atoms with Gasteiger partial charge in [0.2, 0.25) is 5.91 Å². The Bertz CT molecular complexity index is 1940. The van der Waals surface area contributed by atoms with Crippen LogP contribution in [0.3, 0.4) is 0 Å². The van der Waals surface area contributed by atoms with Gasteiger partial charge in [0.05, 0.1) is 37.3 Å². The number of para-hydroxylation sites is 1. The number of carbonyl (C=O) groups is 1. The van der Waals surface area contributed by atoms with Crippen molar-refractivity contribution in [3.05, 3.63) is 104 Å². The van der Waals surface area contributed by atoms with Crippen LogP contribution in [0.4, 0.5) is 11.5 Å². The number of amides is 1. The highest BCUT2D eigenvalue weighted by atomic mass is 35.5. The summed E-state index contributed by atoms with van der Waals surface area (Å²) in [6.45, 7) is 0. The van der Waals surface area contributed by atoms with E-state index in [0.717, 1.165) is 11.8 Å². The van der Waals surface area contributed by atoms with Gasteiger partial charge in [0.25, 0.3) is 15.6 Å². The summed E-state index contributed by atoms with van der Waals surface area (Å²) in [5.74, 6) is -0.489. The van der Waals surface area contributed by atoms with E-state index in [1.807, 2.05) is 0 Å². The zero-order valence-corrected chi connectivity index (χ0v) is 24.5. The number of hydrogen-bond acceptors (Lipinski definition) is 8. The summed E-state index contributed by atoms with van der Waals surface area (Å²) in [5.41, 5.74) is 0.966. The minimum atomic E-state index is -3.95. The van der Waals surface area contributed by atoms with Crippen LogP contribution in [0.5, 0.6) is 0 Å². The van der Waals surface area contributed by atoms with Crippen molar-refractivity contribution in [3.8, 4) is 5.69 Å². The van der Waals surface area contributed by atoms with Crippen molar-refractivity contribution in [1.82, 2.24) is 19.7 Å². The van der Waals surface area contributed by atoms with Crippen LogP contribution < -0.4 is 15.6 Å². The fourth-order valence-corrected chi connectivity index (χ4v) is 5.87. The summed E-state index contributed by atoms with van der Waals surface area (Å²) in [4.78, 5) is 30.7. The highest BCUT2D eigenvalue weighted by Crippen LogP contribution is 2.27. The number of carbonyl (C=O) groups excluding carboxylic acids is 1. The van der Waals surface area contributed by atoms with E-state index < -0.39 is 15.9 Å². The van der Waals surface area contributed by atoms with Gasteiger partial charge in [-0.3, -0.25) is 18.9 Å². The number of nitrogens with one attached hydrogen (secondary N) is 2. The smallest absolute Gasteiger partial charge is 0.266 e. The van der Waals surface area contributed by atoms with Gasteiger partial charge in [-0.15, -0.1) is 10.2 Å². The van der Waals surface area contributed by atoms with Crippen LogP contribution in [0.1, 0.15) is 0 Å². The second-order valence-corrected chi connectivity index (χ2v) is 12.2. The van der Waals surface area contributed by atoms with Crippen molar-refractivity contribution in [3.63, 3.8) is 0 Å². The molecule has 1 amide bonds. The SMILES string of the molecule is O=C(CSc1nc2ccccc2c(=O)n1-c1ccc(Cl)c(Cl)c1)Nc1ccc(S(=O)(=O)Nc2ccc(Cl)nn2)cc1. The molecule has 5 rings (SSSR count). The molecule has 0 bridgehead atoms. The number of thioether (sulfide) groups is 1. The Morgan fingerprint density at radius 1 is 0.902 bits per heavy atom. The van der Waals surface area contributed by atoms with E-state index in [-0.39, 0.29) is 37.4 Å². The molecule has 2 aromatic heterocycles. The predicted octanol–water partition coefficient (Wildman–Crippen LogP) is 5.67. The molecule has 0 fully saturated rings. The maximum atomic E-state index is 13.4. The summed E-state index contributed by atoms with van der Waals surface area (Å²) in [6, 6.07) is 20.0. The summed E-state index contributed by atoms with van der Waals surface area (Å²) in [5, 5.41) is 11.4. The second-order valence-electron chi connectivity index (χ2n) is 8.36. The van der Waals surface area contributed by atoms with Crippen LogP contribution in [-0.2, 0) is 14.8 Å². The lowest BCUT2D eigenvalue weighted by Crippen LogP contribution is -2.23. The van der Waals surface area contributed by atoms with E-state index in [1.165, 1.54) is 41.0 Å². The van der Waals surface area contributed by atoms with Crippen molar-refractivity contribution < 1.29 is 13.2 Å². The number of anilines is 2. The molecule has 10 nitrogen and oxygen atoms in total. The van der Waals surface area contributed by atoms with Gasteiger partial charge < -0.3 is 5.32 Å². The zero-order valence-electron chi connectivity index (χ0n) is 20.6. The van der Waals surface area contributed by atoms with E-state index in [0.29, 0.717) is 27.3 Å². The van der Waals surface area contributed by atoms with Crippen molar-refractivity contribution in [2.45, 2.75) is 10.1 Å². The first-order chi connectivity index (χ1) is 19.6. The first-order valence-electron chi connectivity index (χ1n) is 11.6. The molecule has 3 aromatic carbocycles. The quantitative estimate of drug-likeness (QED) is 0.163. The highest BCUT2D eigenvalue weighted by molar-refractivity contribution is 7.99. The number of rotatable bonds is 8. The van der Waals surface area contributed by atoms with E-state index in [2.05, 4.69) is 25.2 Å². The number of nitrogens with zero attached hydrogens (tertiary/aromatic N) is 4. The maximum absolute atomic E-state index is 13.4.